The van der Waals surface area contributed by atoms with Crippen molar-refractivity contribution in [2.24, 2.45) is 0 Å². The van der Waals surface area contributed by atoms with Crippen LogP contribution in [-0.2, 0) is 0 Å². The van der Waals surface area contributed by atoms with E-state index in [0.29, 0.717) is 10.5 Å². The molecular formula is C7H9BClNO2. The van der Waals surface area contributed by atoms with Crippen LogP contribution in [0.15, 0.2) is 18.2 Å². The van der Waals surface area contributed by atoms with Gasteiger partial charge in [0.1, 0.15) is 0 Å². The second kappa shape index (κ2) is 3.80. The lowest BCUT2D eigenvalue weighted by atomic mass is 9.80. The van der Waals surface area contributed by atoms with E-state index in [1.807, 2.05) is 0 Å². The Kier molecular flexibility index (Phi) is 2.97. The van der Waals surface area contributed by atoms with E-state index >= 15 is 0 Å². The van der Waals surface area contributed by atoms with Gasteiger partial charge in [0, 0.05) is 23.2 Å². The predicted molar refractivity (Wildman–Crippen MR) is 50.8 cm³/mol. The van der Waals surface area contributed by atoms with Crippen LogP contribution in [0.25, 0.3) is 0 Å². The number of anilines is 1. The summed E-state index contributed by atoms with van der Waals surface area (Å²) < 4.78 is 0. The Hall–Kier alpha value is -0.705. The highest BCUT2D eigenvalue weighted by atomic mass is 35.5. The average molecular weight is 185 g/mol. The smallest absolute Gasteiger partial charge is 0.423 e. The number of hydrogen-bond acceptors (Lipinski definition) is 3. The maximum absolute atomic E-state index is 8.82. The molecule has 1 aromatic rings. The largest absolute Gasteiger partial charge is 0.489 e. The summed E-state index contributed by atoms with van der Waals surface area (Å²) in [7, 11) is 0.254. The third-order valence-corrected chi connectivity index (χ3v) is 1.89. The van der Waals surface area contributed by atoms with Crippen LogP contribution in [0.5, 0.6) is 0 Å². The molecule has 12 heavy (non-hydrogen) atoms. The zero-order valence-corrected chi connectivity index (χ0v) is 7.34. The molecule has 1 rings (SSSR count). The van der Waals surface area contributed by atoms with E-state index in [4.69, 9.17) is 21.6 Å². The first-order valence-corrected chi connectivity index (χ1v) is 3.86. The summed E-state index contributed by atoms with van der Waals surface area (Å²) in [6.07, 6.45) is 0. The molecule has 3 N–H and O–H groups in total. The number of nitrogens with one attached hydrogen (secondary N) is 1. The van der Waals surface area contributed by atoms with Gasteiger partial charge in [-0.1, -0.05) is 17.7 Å². The highest BCUT2D eigenvalue weighted by Gasteiger charge is 2.14. The fraction of sp³-hybridized carbons (Fsp3) is 0.143. The van der Waals surface area contributed by atoms with Crippen LogP contribution in [0.1, 0.15) is 0 Å². The lowest BCUT2D eigenvalue weighted by Crippen LogP contribution is -2.30. The molecule has 0 bridgehead atoms. The van der Waals surface area contributed by atoms with Gasteiger partial charge in [-0.05, 0) is 12.1 Å². The van der Waals surface area contributed by atoms with Crippen molar-refractivity contribution in [1.82, 2.24) is 0 Å². The Bertz CT molecular complexity index is 280. The van der Waals surface area contributed by atoms with Crippen LogP contribution < -0.4 is 10.8 Å². The molecule has 0 fully saturated rings. The van der Waals surface area contributed by atoms with E-state index < -0.39 is 7.12 Å². The van der Waals surface area contributed by atoms with E-state index in [9.17, 15) is 0 Å². The van der Waals surface area contributed by atoms with Gasteiger partial charge in [0.25, 0.3) is 0 Å². The van der Waals surface area contributed by atoms with Gasteiger partial charge in [0.05, 0.1) is 0 Å². The van der Waals surface area contributed by atoms with E-state index in [1.165, 1.54) is 0 Å². The maximum Gasteiger partial charge on any atom is 0.489 e. The van der Waals surface area contributed by atoms with Crippen LogP contribution in [0.4, 0.5) is 5.69 Å². The first-order chi connectivity index (χ1) is 5.65. The van der Waals surface area contributed by atoms with Crippen molar-refractivity contribution in [3.05, 3.63) is 23.2 Å². The molecule has 0 aliphatic heterocycles. The van der Waals surface area contributed by atoms with Crippen molar-refractivity contribution in [2.75, 3.05) is 12.4 Å². The Labute approximate surface area is 76.1 Å². The molecule has 0 saturated carbocycles. The summed E-state index contributed by atoms with van der Waals surface area (Å²) in [6, 6.07) is 4.93. The number of hydrogen-bond donors (Lipinski definition) is 3. The van der Waals surface area contributed by atoms with Crippen molar-refractivity contribution >= 4 is 29.9 Å². The van der Waals surface area contributed by atoms with Crippen molar-refractivity contribution < 1.29 is 10.0 Å². The molecule has 0 aliphatic rings. The van der Waals surface area contributed by atoms with Crippen molar-refractivity contribution in [3.8, 4) is 0 Å². The second-order valence-electron chi connectivity index (χ2n) is 2.36. The first-order valence-electron chi connectivity index (χ1n) is 3.48. The zero-order chi connectivity index (χ0) is 9.14. The minimum atomic E-state index is -1.51. The van der Waals surface area contributed by atoms with Crippen molar-refractivity contribution in [1.29, 1.82) is 0 Å². The SMILES string of the molecule is CNc1ccc(B(O)O)c(Cl)c1. The first kappa shape index (κ1) is 9.38. The lowest BCUT2D eigenvalue weighted by molar-refractivity contribution is 0.426. The summed E-state index contributed by atoms with van der Waals surface area (Å²) >= 11 is 5.74. The zero-order valence-electron chi connectivity index (χ0n) is 6.58. The highest BCUT2D eigenvalue weighted by molar-refractivity contribution is 6.62. The summed E-state index contributed by atoms with van der Waals surface area (Å²) in [5.74, 6) is 0. The maximum atomic E-state index is 8.82. The second-order valence-corrected chi connectivity index (χ2v) is 2.77. The van der Waals surface area contributed by atoms with Gasteiger partial charge in [-0.15, -0.1) is 0 Å². The van der Waals surface area contributed by atoms with Gasteiger partial charge in [0.15, 0.2) is 0 Å². The molecular weight excluding hydrogens is 176 g/mol. The summed E-state index contributed by atoms with van der Waals surface area (Å²) in [6.45, 7) is 0. The fourth-order valence-electron chi connectivity index (χ4n) is 0.892. The lowest BCUT2D eigenvalue weighted by Gasteiger charge is -2.05. The molecule has 0 amide bonds. The number of rotatable bonds is 2. The van der Waals surface area contributed by atoms with Gasteiger partial charge < -0.3 is 15.4 Å². The Morgan fingerprint density at radius 1 is 1.42 bits per heavy atom. The third-order valence-electron chi connectivity index (χ3n) is 1.57. The molecule has 0 heterocycles. The van der Waals surface area contributed by atoms with E-state index in [2.05, 4.69) is 5.32 Å². The molecule has 0 aliphatic carbocycles. The number of benzene rings is 1. The quantitative estimate of drug-likeness (QED) is 0.571. The predicted octanol–water partition coefficient (Wildman–Crippen LogP) is 0.0615. The van der Waals surface area contributed by atoms with E-state index in [0.717, 1.165) is 5.69 Å². The van der Waals surface area contributed by atoms with Crippen LogP contribution in [0, 0.1) is 0 Å². The van der Waals surface area contributed by atoms with Gasteiger partial charge in [-0.25, -0.2) is 0 Å². The van der Waals surface area contributed by atoms with Crippen molar-refractivity contribution in [2.45, 2.75) is 0 Å². The van der Waals surface area contributed by atoms with Gasteiger partial charge in [0.2, 0.25) is 0 Å². The van der Waals surface area contributed by atoms with Crippen LogP contribution >= 0.6 is 11.6 Å². The van der Waals surface area contributed by atoms with Crippen LogP contribution in [0.2, 0.25) is 5.02 Å². The van der Waals surface area contributed by atoms with Gasteiger partial charge in [-0.3, -0.25) is 0 Å². The van der Waals surface area contributed by atoms with E-state index in [1.54, 1.807) is 25.2 Å². The molecule has 3 nitrogen and oxygen atoms in total. The highest BCUT2D eigenvalue weighted by Crippen LogP contribution is 2.12. The average Bonchev–Trinajstić information content (AvgIpc) is 2.03. The normalized spacial score (nSPS) is 9.67. The van der Waals surface area contributed by atoms with E-state index in [-0.39, 0.29) is 0 Å². The van der Waals surface area contributed by atoms with Gasteiger partial charge >= 0.3 is 7.12 Å². The molecule has 1 aromatic carbocycles. The number of halogens is 1. The molecule has 0 radical (unpaired) electrons. The topological polar surface area (TPSA) is 52.5 Å². The molecule has 0 unspecified atom stereocenters. The van der Waals surface area contributed by atoms with Crippen LogP contribution in [0.3, 0.4) is 0 Å². The molecule has 5 heteroatoms. The van der Waals surface area contributed by atoms with Crippen molar-refractivity contribution in [3.63, 3.8) is 0 Å². The Balaban J connectivity index is 3.03. The molecule has 0 saturated heterocycles. The molecule has 64 valence electrons. The Morgan fingerprint density at radius 2 is 2.08 bits per heavy atom. The summed E-state index contributed by atoms with van der Waals surface area (Å²) in [5, 5.41) is 20.9. The summed E-state index contributed by atoms with van der Waals surface area (Å²) in [5.41, 5.74) is 1.15. The van der Waals surface area contributed by atoms with Crippen LogP contribution in [-0.4, -0.2) is 24.2 Å². The molecule has 0 atom stereocenters. The minimum absolute atomic E-state index is 0.315. The fourth-order valence-corrected chi connectivity index (χ4v) is 1.17. The molecule has 0 aromatic heterocycles. The summed E-state index contributed by atoms with van der Waals surface area (Å²) in [4.78, 5) is 0. The standard InChI is InChI=1S/C7H9BClNO2/c1-10-5-2-3-6(8(11)12)7(9)4-5/h2-4,10-12H,1H3. The Morgan fingerprint density at radius 3 is 2.50 bits per heavy atom. The monoisotopic (exact) mass is 185 g/mol. The van der Waals surface area contributed by atoms with Gasteiger partial charge in [-0.2, -0.15) is 0 Å². The minimum Gasteiger partial charge on any atom is -0.423 e. The third kappa shape index (κ3) is 1.91. The molecule has 0 spiro atoms.